The van der Waals surface area contributed by atoms with Crippen molar-refractivity contribution in [1.29, 1.82) is 0 Å². The number of hydrogen-bond donors (Lipinski definition) is 0. The largest absolute Gasteiger partial charge is 0.493 e. The van der Waals surface area contributed by atoms with E-state index in [0.717, 1.165) is 5.75 Å². The molecule has 0 aliphatic heterocycles. The summed E-state index contributed by atoms with van der Waals surface area (Å²) in [5.41, 5.74) is 2.48. The van der Waals surface area contributed by atoms with Crippen molar-refractivity contribution < 1.29 is 4.74 Å². The highest BCUT2D eigenvalue weighted by Gasteiger charge is 2.05. The fourth-order valence-electron chi connectivity index (χ4n) is 1.75. The lowest BCUT2D eigenvalue weighted by atomic mass is 10.1. The van der Waals surface area contributed by atoms with E-state index in [2.05, 4.69) is 48.7 Å². The average Bonchev–Trinajstić information content (AvgIpc) is 2.40. The van der Waals surface area contributed by atoms with Crippen molar-refractivity contribution in [1.82, 2.24) is 0 Å². The van der Waals surface area contributed by atoms with Gasteiger partial charge in [-0.25, -0.2) is 0 Å². The zero-order valence-electron chi connectivity index (χ0n) is 10.1. The maximum atomic E-state index is 5.60. The third-order valence-corrected chi connectivity index (χ3v) is 3.33. The molecule has 0 spiro atoms. The second kappa shape index (κ2) is 5.78. The van der Waals surface area contributed by atoms with Crippen LogP contribution in [0.4, 0.5) is 0 Å². The molecule has 0 amide bonds. The third kappa shape index (κ3) is 2.83. The van der Waals surface area contributed by atoms with E-state index in [1.165, 1.54) is 16.0 Å². The fourth-order valence-corrected chi connectivity index (χ4v) is 2.33. The quantitative estimate of drug-likeness (QED) is 0.734. The van der Waals surface area contributed by atoms with E-state index >= 15 is 0 Å². The first kappa shape index (κ1) is 12.1. The molecular formula is C15H16OS. The molecule has 88 valence electrons. The van der Waals surface area contributed by atoms with Gasteiger partial charge in [0.25, 0.3) is 0 Å². The van der Waals surface area contributed by atoms with Crippen LogP contribution in [0, 0.1) is 0 Å². The molecular weight excluding hydrogens is 228 g/mol. The molecule has 0 heterocycles. The van der Waals surface area contributed by atoms with Crippen LogP contribution in [0.25, 0.3) is 11.1 Å². The van der Waals surface area contributed by atoms with Gasteiger partial charge in [-0.15, -0.1) is 11.8 Å². The predicted molar refractivity (Wildman–Crippen MR) is 74.8 cm³/mol. The molecule has 0 radical (unpaired) electrons. The maximum Gasteiger partial charge on any atom is 0.132 e. The minimum Gasteiger partial charge on any atom is -0.493 e. The van der Waals surface area contributed by atoms with Gasteiger partial charge in [-0.05, 0) is 36.4 Å². The molecule has 0 aliphatic carbocycles. The van der Waals surface area contributed by atoms with Gasteiger partial charge in [-0.1, -0.05) is 36.4 Å². The lowest BCUT2D eigenvalue weighted by Gasteiger charge is -2.10. The molecule has 0 unspecified atom stereocenters. The minimum atomic E-state index is 0.707. The first-order chi connectivity index (χ1) is 8.35. The van der Waals surface area contributed by atoms with Gasteiger partial charge < -0.3 is 4.74 Å². The third-order valence-electron chi connectivity index (χ3n) is 2.57. The number of hydrogen-bond acceptors (Lipinski definition) is 2. The normalized spacial score (nSPS) is 10.2. The van der Waals surface area contributed by atoms with Gasteiger partial charge >= 0.3 is 0 Å². The average molecular weight is 244 g/mol. The van der Waals surface area contributed by atoms with Crippen molar-refractivity contribution in [2.75, 3.05) is 12.9 Å². The lowest BCUT2D eigenvalue weighted by molar-refractivity contribution is 0.332. The zero-order chi connectivity index (χ0) is 12.1. The van der Waals surface area contributed by atoms with E-state index in [4.69, 9.17) is 4.74 Å². The van der Waals surface area contributed by atoms with E-state index in [9.17, 15) is 0 Å². The van der Waals surface area contributed by atoms with E-state index in [-0.39, 0.29) is 0 Å². The Morgan fingerprint density at radius 2 is 1.76 bits per heavy atom. The number of ether oxygens (including phenoxy) is 1. The van der Waals surface area contributed by atoms with Crippen LogP contribution in [0.3, 0.4) is 0 Å². The second-order valence-electron chi connectivity index (χ2n) is 3.66. The van der Waals surface area contributed by atoms with Crippen LogP contribution in [-0.4, -0.2) is 12.9 Å². The van der Waals surface area contributed by atoms with Crippen molar-refractivity contribution in [2.45, 2.75) is 11.8 Å². The van der Waals surface area contributed by atoms with Gasteiger partial charge in [0.2, 0.25) is 0 Å². The fraction of sp³-hybridized carbons (Fsp3) is 0.200. The van der Waals surface area contributed by atoms with Gasteiger partial charge in [0.05, 0.1) is 6.61 Å². The molecule has 0 bridgehead atoms. The van der Waals surface area contributed by atoms with Crippen LogP contribution in [0.5, 0.6) is 5.75 Å². The molecule has 0 fully saturated rings. The smallest absolute Gasteiger partial charge is 0.132 e. The van der Waals surface area contributed by atoms with Crippen molar-refractivity contribution in [3.63, 3.8) is 0 Å². The molecule has 1 nitrogen and oxygen atoms in total. The predicted octanol–water partition coefficient (Wildman–Crippen LogP) is 4.47. The molecule has 0 saturated carbocycles. The summed E-state index contributed by atoms with van der Waals surface area (Å²) in [7, 11) is 0. The van der Waals surface area contributed by atoms with Crippen LogP contribution in [-0.2, 0) is 0 Å². The van der Waals surface area contributed by atoms with E-state index in [1.54, 1.807) is 11.8 Å². The van der Waals surface area contributed by atoms with Gasteiger partial charge in [-0.2, -0.15) is 0 Å². The highest BCUT2D eigenvalue weighted by Crippen LogP contribution is 2.32. The zero-order valence-corrected chi connectivity index (χ0v) is 11.0. The maximum absolute atomic E-state index is 5.60. The first-order valence-electron chi connectivity index (χ1n) is 5.71. The van der Waals surface area contributed by atoms with Crippen molar-refractivity contribution >= 4 is 11.8 Å². The lowest BCUT2D eigenvalue weighted by Crippen LogP contribution is -1.93. The summed E-state index contributed by atoms with van der Waals surface area (Å²) < 4.78 is 5.60. The van der Waals surface area contributed by atoms with Crippen LogP contribution < -0.4 is 4.74 Å². The minimum absolute atomic E-state index is 0.707. The van der Waals surface area contributed by atoms with Gasteiger partial charge in [0.1, 0.15) is 5.75 Å². The standard InChI is InChI=1S/C15H16OS/c1-3-16-14-10-9-13(11-15(14)17-2)12-7-5-4-6-8-12/h4-11H,3H2,1-2H3. The summed E-state index contributed by atoms with van der Waals surface area (Å²) in [5.74, 6) is 0.972. The Hall–Kier alpha value is -1.41. The summed E-state index contributed by atoms with van der Waals surface area (Å²) in [6.45, 7) is 2.72. The Morgan fingerprint density at radius 1 is 1.00 bits per heavy atom. The Labute approximate surface area is 107 Å². The Bertz CT molecular complexity index is 480. The molecule has 2 aromatic rings. The summed E-state index contributed by atoms with van der Waals surface area (Å²) in [6, 6.07) is 16.8. The van der Waals surface area contributed by atoms with Crippen molar-refractivity contribution in [2.24, 2.45) is 0 Å². The molecule has 0 aliphatic rings. The number of rotatable bonds is 4. The van der Waals surface area contributed by atoms with Crippen molar-refractivity contribution in [3.8, 4) is 16.9 Å². The number of benzene rings is 2. The Morgan fingerprint density at radius 3 is 2.41 bits per heavy atom. The van der Waals surface area contributed by atoms with E-state index in [0.29, 0.717) is 6.61 Å². The monoisotopic (exact) mass is 244 g/mol. The van der Waals surface area contributed by atoms with Crippen LogP contribution in [0.1, 0.15) is 6.92 Å². The van der Waals surface area contributed by atoms with Gasteiger partial charge in [-0.3, -0.25) is 0 Å². The molecule has 2 aromatic carbocycles. The number of thioether (sulfide) groups is 1. The van der Waals surface area contributed by atoms with E-state index in [1.807, 2.05) is 13.0 Å². The SMILES string of the molecule is CCOc1ccc(-c2ccccc2)cc1SC. The molecule has 0 saturated heterocycles. The second-order valence-corrected chi connectivity index (χ2v) is 4.51. The molecule has 2 heteroatoms. The summed E-state index contributed by atoms with van der Waals surface area (Å²) in [6.07, 6.45) is 2.08. The molecule has 0 atom stereocenters. The summed E-state index contributed by atoms with van der Waals surface area (Å²) >= 11 is 1.72. The van der Waals surface area contributed by atoms with E-state index < -0.39 is 0 Å². The Kier molecular flexibility index (Phi) is 4.10. The summed E-state index contributed by atoms with van der Waals surface area (Å²) in [4.78, 5) is 1.19. The topological polar surface area (TPSA) is 9.23 Å². The van der Waals surface area contributed by atoms with Crippen molar-refractivity contribution in [3.05, 3.63) is 48.5 Å². The Balaban J connectivity index is 2.38. The van der Waals surface area contributed by atoms with Crippen LogP contribution in [0.2, 0.25) is 0 Å². The van der Waals surface area contributed by atoms with Gasteiger partial charge in [0, 0.05) is 4.90 Å². The molecule has 2 rings (SSSR count). The van der Waals surface area contributed by atoms with Gasteiger partial charge in [0.15, 0.2) is 0 Å². The highest BCUT2D eigenvalue weighted by atomic mass is 32.2. The molecule has 0 aromatic heterocycles. The molecule has 17 heavy (non-hydrogen) atoms. The molecule has 0 N–H and O–H groups in total. The highest BCUT2D eigenvalue weighted by molar-refractivity contribution is 7.98. The summed E-state index contributed by atoms with van der Waals surface area (Å²) in [5, 5.41) is 0. The van der Waals surface area contributed by atoms with Crippen LogP contribution in [0.15, 0.2) is 53.4 Å². The first-order valence-corrected chi connectivity index (χ1v) is 6.94. The van der Waals surface area contributed by atoms with Crippen LogP contribution >= 0.6 is 11.8 Å².